The van der Waals surface area contributed by atoms with Gasteiger partial charge in [0.05, 0.1) is 11.3 Å². The van der Waals surface area contributed by atoms with E-state index >= 15 is 0 Å². The maximum absolute atomic E-state index is 5.99. The first-order valence-corrected chi connectivity index (χ1v) is 11.1. The van der Waals surface area contributed by atoms with Crippen LogP contribution in [0, 0.1) is 0 Å². The number of nitrogens with one attached hydrogen (secondary N) is 1. The number of aryl methyl sites for hydroxylation is 1. The van der Waals surface area contributed by atoms with E-state index in [-0.39, 0.29) is 0 Å². The van der Waals surface area contributed by atoms with E-state index in [1.165, 1.54) is 5.56 Å². The Kier molecular flexibility index (Phi) is 6.75. The Bertz CT molecular complexity index is 1150. The molecule has 0 unspecified atom stereocenters. The van der Waals surface area contributed by atoms with E-state index in [9.17, 15) is 0 Å². The Morgan fingerprint density at radius 3 is 2.16 bits per heavy atom. The van der Waals surface area contributed by atoms with Gasteiger partial charge in [-0.3, -0.25) is 0 Å². The average molecular weight is 445 g/mol. The van der Waals surface area contributed by atoms with Crippen LogP contribution in [-0.4, -0.2) is 16.5 Å². The van der Waals surface area contributed by atoms with E-state index in [0.29, 0.717) is 0 Å². The van der Waals surface area contributed by atoms with Gasteiger partial charge in [0.1, 0.15) is 10.6 Å². The molecule has 0 radical (unpaired) electrons. The number of hydrogen-bond donors (Lipinski definition) is 1. The quantitative estimate of drug-likeness (QED) is 0.250. The standard InChI is InChI=1S/C26H24N2OS2/c1-19(30)27-16-8-9-21-18-29-25-15-14-20(17-24(21)25)26(31)28(22-10-4-2-5-11-22)23-12-6-3-7-13-23/h2-7,10-15,17-18H,8-9,16H2,1H3,(H,27,30). The molecule has 0 aliphatic carbocycles. The van der Waals surface area contributed by atoms with Gasteiger partial charge in [0.15, 0.2) is 0 Å². The molecule has 0 spiro atoms. The van der Waals surface area contributed by atoms with Crippen LogP contribution in [0.5, 0.6) is 0 Å². The SMILES string of the molecule is CC(=S)NCCCc1coc2ccc(C(=S)N(c3ccccc3)c3ccccc3)cc12. The molecule has 0 saturated carbocycles. The van der Waals surface area contributed by atoms with Crippen LogP contribution in [0.25, 0.3) is 11.0 Å². The van der Waals surface area contributed by atoms with Gasteiger partial charge < -0.3 is 14.6 Å². The lowest BCUT2D eigenvalue weighted by atomic mass is 10.0. The van der Waals surface area contributed by atoms with Crippen molar-refractivity contribution in [2.24, 2.45) is 0 Å². The number of anilines is 2. The predicted octanol–water partition coefficient (Wildman–Crippen LogP) is 6.82. The van der Waals surface area contributed by atoms with Gasteiger partial charge in [-0.2, -0.15) is 0 Å². The van der Waals surface area contributed by atoms with Crippen molar-refractivity contribution in [3.05, 3.63) is 96.3 Å². The molecule has 4 aromatic rings. The minimum absolute atomic E-state index is 0.754. The van der Waals surface area contributed by atoms with Crippen LogP contribution in [0.3, 0.4) is 0 Å². The van der Waals surface area contributed by atoms with Gasteiger partial charge in [-0.05, 0) is 67.8 Å². The highest BCUT2D eigenvalue weighted by atomic mass is 32.1. The zero-order chi connectivity index (χ0) is 21.6. The maximum Gasteiger partial charge on any atom is 0.134 e. The predicted molar refractivity (Wildman–Crippen MR) is 138 cm³/mol. The summed E-state index contributed by atoms with van der Waals surface area (Å²) < 4.78 is 5.79. The summed E-state index contributed by atoms with van der Waals surface area (Å²) >= 11 is 11.1. The second kappa shape index (κ2) is 9.86. The summed E-state index contributed by atoms with van der Waals surface area (Å²) in [6, 6.07) is 26.6. The highest BCUT2D eigenvalue weighted by molar-refractivity contribution is 7.81. The van der Waals surface area contributed by atoms with Gasteiger partial charge in [0.2, 0.25) is 0 Å². The van der Waals surface area contributed by atoms with Crippen molar-refractivity contribution in [2.45, 2.75) is 19.8 Å². The van der Waals surface area contributed by atoms with E-state index in [2.05, 4.69) is 40.5 Å². The largest absolute Gasteiger partial charge is 0.464 e. The molecule has 3 aromatic carbocycles. The van der Waals surface area contributed by atoms with Gasteiger partial charge in [-0.15, -0.1) is 0 Å². The van der Waals surface area contributed by atoms with Crippen LogP contribution < -0.4 is 10.2 Å². The van der Waals surface area contributed by atoms with Crippen LogP contribution in [0.2, 0.25) is 0 Å². The lowest BCUT2D eigenvalue weighted by Crippen LogP contribution is -2.24. The van der Waals surface area contributed by atoms with E-state index in [0.717, 1.165) is 57.3 Å². The monoisotopic (exact) mass is 444 g/mol. The van der Waals surface area contributed by atoms with Gasteiger partial charge in [0.25, 0.3) is 0 Å². The smallest absolute Gasteiger partial charge is 0.134 e. The van der Waals surface area contributed by atoms with Crippen LogP contribution in [-0.2, 0) is 6.42 Å². The Balaban J connectivity index is 1.65. The topological polar surface area (TPSA) is 28.4 Å². The molecule has 5 heteroatoms. The summed E-state index contributed by atoms with van der Waals surface area (Å²) in [6.45, 7) is 2.76. The van der Waals surface area contributed by atoms with Crippen molar-refractivity contribution in [3.63, 3.8) is 0 Å². The van der Waals surface area contributed by atoms with E-state index in [4.69, 9.17) is 28.9 Å². The summed E-state index contributed by atoms with van der Waals surface area (Å²) in [6.07, 6.45) is 3.76. The zero-order valence-electron chi connectivity index (χ0n) is 17.4. The molecular weight excluding hydrogens is 420 g/mol. The first kappa shape index (κ1) is 21.2. The van der Waals surface area contributed by atoms with Crippen molar-refractivity contribution >= 4 is 56.8 Å². The number of hydrogen-bond acceptors (Lipinski definition) is 3. The van der Waals surface area contributed by atoms with Crippen molar-refractivity contribution in [1.29, 1.82) is 0 Å². The number of para-hydroxylation sites is 2. The number of benzene rings is 3. The third-order valence-corrected chi connectivity index (χ3v) is 5.69. The molecule has 0 saturated heterocycles. The molecule has 0 aliphatic heterocycles. The van der Waals surface area contributed by atoms with Gasteiger partial charge in [-0.1, -0.05) is 60.8 Å². The Morgan fingerprint density at radius 1 is 0.903 bits per heavy atom. The molecule has 0 aliphatic rings. The summed E-state index contributed by atoms with van der Waals surface area (Å²) in [4.78, 5) is 3.69. The molecule has 1 N–H and O–H groups in total. The minimum atomic E-state index is 0.754. The molecule has 4 rings (SSSR count). The third kappa shape index (κ3) is 5.01. The fourth-order valence-corrected chi connectivity index (χ4v) is 4.06. The first-order chi connectivity index (χ1) is 15.1. The highest BCUT2D eigenvalue weighted by Crippen LogP contribution is 2.30. The van der Waals surface area contributed by atoms with E-state index in [1.54, 1.807) is 0 Å². The Morgan fingerprint density at radius 2 is 1.55 bits per heavy atom. The maximum atomic E-state index is 5.99. The van der Waals surface area contributed by atoms with Crippen molar-refractivity contribution in [1.82, 2.24) is 5.32 Å². The van der Waals surface area contributed by atoms with Gasteiger partial charge >= 0.3 is 0 Å². The molecule has 1 aromatic heterocycles. The van der Waals surface area contributed by atoms with Gasteiger partial charge in [-0.25, -0.2) is 0 Å². The van der Waals surface area contributed by atoms with E-state index < -0.39 is 0 Å². The molecule has 0 bridgehead atoms. The lowest BCUT2D eigenvalue weighted by Gasteiger charge is -2.26. The Labute approximate surface area is 193 Å². The van der Waals surface area contributed by atoms with Crippen LogP contribution >= 0.6 is 24.4 Å². The van der Waals surface area contributed by atoms with Crippen LogP contribution in [0.15, 0.2) is 89.5 Å². The fourth-order valence-electron chi connectivity index (χ4n) is 3.62. The second-order valence-corrected chi connectivity index (χ2v) is 8.37. The second-order valence-electron chi connectivity index (χ2n) is 7.37. The number of nitrogens with zero attached hydrogens (tertiary/aromatic N) is 1. The summed E-state index contributed by atoms with van der Waals surface area (Å²) in [5.41, 5.74) is 5.13. The molecule has 31 heavy (non-hydrogen) atoms. The molecule has 0 fully saturated rings. The van der Waals surface area contributed by atoms with Crippen LogP contribution in [0.1, 0.15) is 24.5 Å². The Hall–Kier alpha value is -3.02. The minimum Gasteiger partial charge on any atom is -0.464 e. The van der Waals surface area contributed by atoms with Gasteiger partial charge in [0, 0.05) is 28.9 Å². The third-order valence-electron chi connectivity index (χ3n) is 5.13. The summed E-state index contributed by atoms with van der Waals surface area (Å²) in [5, 5.41) is 4.32. The fraction of sp³-hybridized carbons (Fsp3) is 0.154. The average Bonchev–Trinajstić information content (AvgIpc) is 3.20. The number of fused-ring (bicyclic) bond motifs is 1. The van der Waals surface area contributed by atoms with Crippen molar-refractivity contribution in [2.75, 3.05) is 11.4 Å². The van der Waals surface area contributed by atoms with Crippen LogP contribution in [0.4, 0.5) is 11.4 Å². The molecule has 1 heterocycles. The highest BCUT2D eigenvalue weighted by Gasteiger charge is 2.17. The molecule has 0 amide bonds. The number of rotatable bonds is 7. The molecule has 156 valence electrons. The zero-order valence-corrected chi connectivity index (χ0v) is 19.0. The van der Waals surface area contributed by atoms with E-state index in [1.807, 2.05) is 61.7 Å². The number of thiocarbonyl (C=S) groups is 2. The van der Waals surface area contributed by atoms with Crippen molar-refractivity contribution < 1.29 is 4.42 Å². The normalized spacial score (nSPS) is 10.7. The first-order valence-electron chi connectivity index (χ1n) is 10.3. The molecular formula is C26H24N2OS2. The molecule has 0 atom stereocenters. The summed E-state index contributed by atoms with van der Waals surface area (Å²) in [7, 11) is 0. The lowest BCUT2D eigenvalue weighted by molar-refractivity contribution is 0.608. The van der Waals surface area contributed by atoms with Crippen molar-refractivity contribution in [3.8, 4) is 0 Å². The molecule has 3 nitrogen and oxygen atoms in total. The number of furan rings is 1. The summed E-state index contributed by atoms with van der Waals surface area (Å²) in [5.74, 6) is 0.